The highest BCUT2D eigenvalue weighted by Gasteiger charge is 2.06. The van der Waals surface area contributed by atoms with E-state index in [4.69, 9.17) is 9.47 Å². The van der Waals surface area contributed by atoms with Crippen molar-refractivity contribution in [1.29, 1.82) is 0 Å². The van der Waals surface area contributed by atoms with Crippen LogP contribution in [-0.4, -0.2) is 6.16 Å². The van der Waals surface area contributed by atoms with Gasteiger partial charge in [-0.1, -0.05) is 30.3 Å². The molecule has 0 aliphatic carbocycles. The second-order valence-corrected chi connectivity index (χ2v) is 4.50. The molecule has 0 amide bonds. The predicted molar refractivity (Wildman–Crippen MR) is 72.4 cm³/mol. The number of benzene rings is 2. The zero-order chi connectivity index (χ0) is 13.5. The van der Waals surface area contributed by atoms with Crippen molar-refractivity contribution in [2.75, 3.05) is 0 Å². The van der Waals surface area contributed by atoms with Gasteiger partial charge in [0.25, 0.3) is 0 Å². The summed E-state index contributed by atoms with van der Waals surface area (Å²) in [6.07, 6.45) is -0.709. The summed E-state index contributed by atoms with van der Waals surface area (Å²) in [5.41, 5.74) is 0.920. The smallest absolute Gasteiger partial charge is 0.429 e. The van der Waals surface area contributed by atoms with Crippen LogP contribution in [0.3, 0.4) is 0 Å². The van der Waals surface area contributed by atoms with Crippen LogP contribution in [0.15, 0.2) is 59.5 Å². The van der Waals surface area contributed by atoms with Gasteiger partial charge in [-0.2, -0.15) is 0 Å². The van der Waals surface area contributed by atoms with Gasteiger partial charge in [0.15, 0.2) is 0 Å². The topological polar surface area (TPSA) is 63.2 Å². The lowest BCUT2D eigenvalue weighted by Crippen LogP contribution is -2.35. The second-order valence-electron chi connectivity index (χ2n) is 3.74. The molecular formula is C14H14NO3S+. The molecule has 4 nitrogen and oxygen atoms in total. The van der Waals surface area contributed by atoms with Gasteiger partial charge in [0.1, 0.15) is 24.3 Å². The Bertz CT molecular complexity index is 528. The van der Waals surface area contributed by atoms with Crippen LogP contribution in [0, 0.1) is 0 Å². The highest BCUT2D eigenvalue weighted by Crippen LogP contribution is 2.17. The van der Waals surface area contributed by atoms with E-state index in [9.17, 15) is 4.79 Å². The molecule has 3 N–H and O–H groups in total. The third kappa shape index (κ3) is 4.31. The van der Waals surface area contributed by atoms with Crippen LogP contribution in [0.1, 0.15) is 5.56 Å². The Morgan fingerprint density at radius 3 is 2.37 bits per heavy atom. The molecule has 0 heterocycles. The van der Waals surface area contributed by atoms with Crippen LogP contribution in [0.2, 0.25) is 0 Å². The molecule has 98 valence electrons. The van der Waals surface area contributed by atoms with Gasteiger partial charge in [0, 0.05) is 0 Å². The highest BCUT2D eigenvalue weighted by molar-refractivity contribution is 7.92. The zero-order valence-electron chi connectivity index (χ0n) is 10.2. The van der Waals surface area contributed by atoms with Crippen LogP contribution in [0.5, 0.6) is 5.75 Å². The summed E-state index contributed by atoms with van der Waals surface area (Å²) in [4.78, 5) is 12.5. The Hall–Kier alpha value is -1.98. The zero-order valence-corrected chi connectivity index (χ0v) is 11.1. The van der Waals surface area contributed by atoms with Crippen molar-refractivity contribution in [3.05, 3.63) is 60.2 Å². The fraction of sp³-hybridized carbons (Fsp3) is 0.0714. The molecule has 0 bridgehead atoms. The van der Waals surface area contributed by atoms with Crippen molar-refractivity contribution in [2.45, 2.75) is 11.5 Å². The number of carbonyl (C=O) groups is 1. The normalized spacial score (nSPS) is 9.95. The van der Waals surface area contributed by atoms with E-state index < -0.39 is 6.16 Å². The lowest BCUT2D eigenvalue weighted by molar-refractivity contribution is -0.137. The largest absolute Gasteiger partial charge is 0.514 e. The molecule has 0 fully saturated rings. The molecule has 0 aliphatic rings. The van der Waals surface area contributed by atoms with E-state index in [2.05, 4.69) is 5.14 Å². The van der Waals surface area contributed by atoms with E-state index in [0.29, 0.717) is 5.75 Å². The average Bonchev–Trinajstić information content (AvgIpc) is 2.47. The summed E-state index contributed by atoms with van der Waals surface area (Å²) < 4.78 is 10.1. The molecule has 2 aromatic carbocycles. The maximum atomic E-state index is 11.5. The van der Waals surface area contributed by atoms with Crippen molar-refractivity contribution in [2.24, 2.45) is 0 Å². The summed E-state index contributed by atoms with van der Waals surface area (Å²) >= 11 is 1.38. The first-order valence-electron chi connectivity index (χ1n) is 5.68. The molecule has 2 rings (SSSR count). The SMILES string of the molecule is [NH3+]Sc1ccc(OC(=O)OCc2ccccc2)cc1. The number of quaternary nitrogens is 1. The first kappa shape index (κ1) is 13.5. The van der Waals surface area contributed by atoms with E-state index >= 15 is 0 Å². The van der Waals surface area contributed by atoms with Crippen molar-refractivity contribution in [3.8, 4) is 5.75 Å². The summed E-state index contributed by atoms with van der Waals surface area (Å²) in [5, 5.41) is 3.69. The third-order valence-corrected chi connectivity index (χ3v) is 3.00. The maximum absolute atomic E-state index is 11.5. The molecule has 0 saturated heterocycles. The fourth-order valence-corrected chi connectivity index (χ4v) is 1.77. The Labute approximate surface area is 115 Å². The minimum absolute atomic E-state index is 0.201. The standard InChI is InChI=1S/C14H13NO3S/c15-19-13-8-6-12(7-9-13)18-14(16)17-10-11-4-2-1-3-5-11/h1-9H,10,15H2/p+1. The molecule has 0 atom stereocenters. The van der Waals surface area contributed by atoms with Crippen LogP contribution in [-0.2, 0) is 11.3 Å². The number of ether oxygens (including phenoxy) is 2. The Balaban J connectivity index is 1.83. The Morgan fingerprint density at radius 2 is 1.74 bits per heavy atom. The molecule has 0 radical (unpaired) electrons. The molecular weight excluding hydrogens is 262 g/mol. The summed E-state index contributed by atoms with van der Waals surface area (Å²) in [6.45, 7) is 0.201. The molecule has 5 heteroatoms. The van der Waals surface area contributed by atoms with Crippen molar-refractivity contribution in [3.63, 3.8) is 0 Å². The maximum Gasteiger partial charge on any atom is 0.514 e. The predicted octanol–water partition coefficient (Wildman–Crippen LogP) is 2.65. The van der Waals surface area contributed by atoms with Crippen LogP contribution >= 0.6 is 11.9 Å². The summed E-state index contributed by atoms with van der Waals surface area (Å²) in [7, 11) is 0. The molecule has 0 unspecified atom stereocenters. The van der Waals surface area contributed by atoms with Crippen molar-refractivity contribution in [1.82, 2.24) is 0 Å². The first-order chi connectivity index (χ1) is 9.28. The van der Waals surface area contributed by atoms with Gasteiger partial charge in [-0.05, 0) is 29.8 Å². The van der Waals surface area contributed by atoms with Crippen molar-refractivity contribution < 1.29 is 19.4 Å². The summed E-state index contributed by atoms with van der Waals surface area (Å²) in [6, 6.07) is 16.5. The highest BCUT2D eigenvalue weighted by atomic mass is 32.2. The number of hydrogen-bond acceptors (Lipinski definition) is 4. The van der Waals surface area contributed by atoms with Gasteiger partial charge < -0.3 is 9.47 Å². The van der Waals surface area contributed by atoms with E-state index in [0.717, 1.165) is 10.5 Å². The minimum Gasteiger partial charge on any atom is -0.429 e. The third-order valence-electron chi connectivity index (χ3n) is 2.39. The second kappa shape index (κ2) is 6.82. The Morgan fingerprint density at radius 1 is 1.05 bits per heavy atom. The average molecular weight is 276 g/mol. The number of hydrogen-bond donors (Lipinski definition) is 1. The van der Waals surface area contributed by atoms with Gasteiger partial charge in [0.05, 0.1) is 4.90 Å². The van der Waals surface area contributed by atoms with E-state index in [1.54, 1.807) is 12.1 Å². The molecule has 0 aromatic heterocycles. The first-order valence-corrected chi connectivity index (χ1v) is 6.67. The molecule has 2 aromatic rings. The molecule has 19 heavy (non-hydrogen) atoms. The van der Waals surface area contributed by atoms with Gasteiger partial charge in [-0.25, -0.2) is 4.79 Å². The van der Waals surface area contributed by atoms with Gasteiger partial charge in [0.2, 0.25) is 0 Å². The Kier molecular flexibility index (Phi) is 4.83. The number of carbonyl (C=O) groups excluding carboxylic acids is 1. The van der Waals surface area contributed by atoms with E-state index in [1.165, 1.54) is 11.9 Å². The van der Waals surface area contributed by atoms with E-state index in [-0.39, 0.29) is 6.61 Å². The van der Waals surface area contributed by atoms with Gasteiger partial charge in [-0.15, -0.1) is 0 Å². The van der Waals surface area contributed by atoms with Gasteiger partial charge in [-0.3, -0.25) is 5.14 Å². The van der Waals surface area contributed by atoms with Crippen LogP contribution in [0.25, 0.3) is 0 Å². The lowest BCUT2D eigenvalue weighted by atomic mass is 10.2. The minimum atomic E-state index is -0.709. The van der Waals surface area contributed by atoms with Crippen molar-refractivity contribution >= 4 is 18.1 Å². The quantitative estimate of drug-likeness (QED) is 0.530. The van der Waals surface area contributed by atoms with E-state index in [1.807, 2.05) is 42.5 Å². The summed E-state index contributed by atoms with van der Waals surface area (Å²) in [5.74, 6) is 0.455. The molecule has 0 spiro atoms. The van der Waals surface area contributed by atoms with Crippen LogP contribution in [0.4, 0.5) is 4.79 Å². The lowest BCUT2D eigenvalue weighted by Gasteiger charge is -2.06. The number of rotatable bonds is 4. The monoisotopic (exact) mass is 276 g/mol. The molecule has 0 aliphatic heterocycles. The fourth-order valence-electron chi connectivity index (χ4n) is 1.45. The van der Waals surface area contributed by atoms with Crippen LogP contribution < -0.4 is 9.88 Å². The molecule has 0 saturated carbocycles. The van der Waals surface area contributed by atoms with Gasteiger partial charge >= 0.3 is 6.16 Å².